The van der Waals surface area contributed by atoms with Crippen LogP contribution in [0.5, 0.6) is 5.75 Å². The number of fused-ring (bicyclic) bond motifs is 1. The number of benzene rings is 3. The van der Waals surface area contributed by atoms with Gasteiger partial charge in [-0.3, -0.25) is 4.79 Å². The molecule has 3 aromatic carbocycles. The number of nitrogens with zero attached hydrogens (tertiary/aromatic N) is 1. The largest absolute Gasteiger partial charge is 0.493 e. The van der Waals surface area contributed by atoms with E-state index in [1.807, 2.05) is 48.5 Å². The summed E-state index contributed by atoms with van der Waals surface area (Å²) >= 11 is 0. The number of nitrogens with one attached hydrogen (secondary N) is 1. The average Bonchev–Trinajstić information content (AvgIpc) is 2.70. The second-order valence-electron chi connectivity index (χ2n) is 6.08. The first-order valence-corrected chi connectivity index (χ1v) is 8.73. The molecule has 1 atom stereocenters. The van der Waals surface area contributed by atoms with Crippen LogP contribution in [0.3, 0.4) is 0 Å². The van der Waals surface area contributed by atoms with E-state index in [1.54, 1.807) is 12.1 Å². The Balaban J connectivity index is 1.51. The maximum absolute atomic E-state index is 13.8. The highest BCUT2D eigenvalue weighted by atomic mass is 19.1. The van der Waals surface area contributed by atoms with Crippen LogP contribution in [-0.4, -0.2) is 12.5 Å². The molecule has 0 saturated heterocycles. The molecular weight excluding hydrogens is 343 g/mol. The minimum Gasteiger partial charge on any atom is -0.493 e. The average molecular weight is 362 g/mol. The third kappa shape index (κ3) is 4.62. The lowest BCUT2D eigenvalue weighted by atomic mass is 10.1. The summed E-state index contributed by atoms with van der Waals surface area (Å²) in [6, 6.07) is 20.6. The molecule has 136 valence electrons. The van der Waals surface area contributed by atoms with Crippen LogP contribution in [0.4, 0.5) is 4.39 Å². The van der Waals surface area contributed by atoms with Crippen LogP contribution in [0.15, 0.2) is 66.7 Å². The number of amides is 1. The summed E-state index contributed by atoms with van der Waals surface area (Å²) < 4.78 is 19.6. The van der Waals surface area contributed by atoms with Gasteiger partial charge in [-0.2, -0.15) is 5.26 Å². The molecule has 0 aliphatic rings. The highest BCUT2D eigenvalue weighted by Crippen LogP contribution is 2.25. The van der Waals surface area contributed by atoms with Gasteiger partial charge >= 0.3 is 0 Å². The molecule has 0 saturated carbocycles. The Morgan fingerprint density at radius 1 is 1.07 bits per heavy atom. The lowest BCUT2D eigenvalue weighted by Crippen LogP contribution is -2.28. The fraction of sp³-hybridized carbons (Fsp3) is 0.182. The van der Waals surface area contributed by atoms with Crippen LogP contribution in [0.25, 0.3) is 10.8 Å². The fourth-order valence-electron chi connectivity index (χ4n) is 2.86. The van der Waals surface area contributed by atoms with Gasteiger partial charge in [-0.15, -0.1) is 0 Å². The van der Waals surface area contributed by atoms with Gasteiger partial charge in [0, 0.05) is 17.4 Å². The third-order valence-electron chi connectivity index (χ3n) is 4.21. The maximum atomic E-state index is 13.8. The Morgan fingerprint density at radius 3 is 2.63 bits per heavy atom. The van der Waals surface area contributed by atoms with Crippen molar-refractivity contribution >= 4 is 16.7 Å². The third-order valence-corrected chi connectivity index (χ3v) is 4.21. The van der Waals surface area contributed by atoms with Crippen LogP contribution in [0.2, 0.25) is 0 Å². The second-order valence-corrected chi connectivity index (χ2v) is 6.08. The lowest BCUT2D eigenvalue weighted by Gasteiger charge is -2.13. The Kier molecular flexibility index (Phi) is 6.01. The highest BCUT2D eigenvalue weighted by Gasteiger charge is 2.17. The van der Waals surface area contributed by atoms with E-state index in [9.17, 15) is 14.4 Å². The van der Waals surface area contributed by atoms with Crippen molar-refractivity contribution in [2.24, 2.45) is 0 Å². The summed E-state index contributed by atoms with van der Waals surface area (Å²) in [6.07, 6.45) is 0.682. The molecule has 0 radical (unpaired) electrons. The smallest absolute Gasteiger partial charge is 0.221 e. The molecule has 4 nitrogen and oxygen atoms in total. The molecule has 3 rings (SSSR count). The molecule has 0 fully saturated rings. The van der Waals surface area contributed by atoms with E-state index in [-0.39, 0.29) is 17.9 Å². The molecule has 0 aliphatic carbocycles. The first-order valence-electron chi connectivity index (χ1n) is 8.73. The minimum absolute atomic E-state index is 0.167. The Labute approximate surface area is 157 Å². The van der Waals surface area contributed by atoms with Gasteiger partial charge in [0.25, 0.3) is 0 Å². The van der Waals surface area contributed by atoms with Crippen molar-refractivity contribution in [2.45, 2.75) is 18.9 Å². The lowest BCUT2D eigenvalue weighted by molar-refractivity contribution is -0.121. The predicted molar refractivity (Wildman–Crippen MR) is 102 cm³/mol. The van der Waals surface area contributed by atoms with Gasteiger partial charge in [0.1, 0.15) is 17.6 Å². The molecule has 1 N–H and O–H groups in total. The normalized spacial score (nSPS) is 11.6. The maximum Gasteiger partial charge on any atom is 0.221 e. The zero-order valence-corrected chi connectivity index (χ0v) is 14.7. The van der Waals surface area contributed by atoms with Crippen molar-refractivity contribution in [1.82, 2.24) is 5.32 Å². The summed E-state index contributed by atoms with van der Waals surface area (Å²) in [7, 11) is 0. The van der Waals surface area contributed by atoms with Crippen LogP contribution in [0, 0.1) is 17.1 Å². The second kappa shape index (κ2) is 8.81. The van der Waals surface area contributed by atoms with Gasteiger partial charge in [-0.25, -0.2) is 4.39 Å². The van der Waals surface area contributed by atoms with E-state index in [0.29, 0.717) is 13.0 Å². The number of carbonyl (C=O) groups is 1. The number of hydrogen-bond acceptors (Lipinski definition) is 3. The molecule has 0 bridgehead atoms. The topological polar surface area (TPSA) is 62.1 Å². The zero-order valence-electron chi connectivity index (χ0n) is 14.7. The Bertz CT molecular complexity index is 976. The van der Waals surface area contributed by atoms with Crippen molar-refractivity contribution in [3.05, 3.63) is 78.1 Å². The summed E-state index contributed by atoms with van der Waals surface area (Å²) in [6.45, 7) is 0.373. The van der Waals surface area contributed by atoms with Gasteiger partial charge in [0.2, 0.25) is 5.91 Å². The SMILES string of the molecule is N#CC(NC(=O)CCCOc1cccc2ccccc12)c1ccccc1F. The molecular formula is C22H19FN2O2. The molecule has 0 aromatic heterocycles. The molecule has 27 heavy (non-hydrogen) atoms. The van der Waals surface area contributed by atoms with Crippen molar-refractivity contribution in [2.75, 3.05) is 6.61 Å². The van der Waals surface area contributed by atoms with Gasteiger partial charge in [-0.1, -0.05) is 54.6 Å². The zero-order chi connectivity index (χ0) is 19.1. The highest BCUT2D eigenvalue weighted by molar-refractivity contribution is 5.88. The first-order chi connectivity index (χ1) is 13.2. The van der Waals surface area contributed by atoms with Crippen LogP contribution < -0.4 is 10.1 Å². The molecule has 1 unspecified atom stereocenters. The number of carbonyl (C=O) groups excluding carboxylic acids is 1. The fourth-order valence-corrected chi connectivity index (χ4v) is 2.86. The standard InChI is InChI=1S/C22H19FN2O2/c23-19-11-4-3-10-18(19)20(15-24)25-22(26)13-6-14-27-21-12-5-8-16-7-1-2-9-17(16)21/h1-5,7-12,20H,6,13-14H2,(H,25,26). The Morgan fingerprint density at radius 2 is 1.81 bits per heavy atom. The van der Waals surface area contributed by atoms with Gasteiger partial charge < -0.3 is 10.1 Å². The molecule has 0 aliphatic heterocycles. The molecule has 5 heteroatoms. The monoisotopic (exact) mass is 362 g/mol. The van der Waals surface area contributed by atoms with Crippen molar-refractivity contribution in [3.8, 4) is 11.8 Å². The number of ether oxygens (including phenoxy) is 1. The van der Waals surface area contributed by atoms with E-state index in [2.05, 4.69) is 5.32 Å². The van der Waals surface area contributed by atoms with Gasteiger partial charge in [0.05, 0.1) is 12.7 Å². The summed E-state index contributed by atoms with van der Waals surface area (Å²) in [4.78, 5) is 12.1. The first kappa shape index (κ1) is 18.4. The van der Waals surface area contributed by atoms with Crippen LogP contribution in [0.1, 0.15) is 24.4 Å². The predicted octanol–water partition coefficient (Wildman–Crippen LogP) is 4.52. The quantitative estimate of drug-likeness (QED) is 0.629. The summed E-state index contributed by atoms with van der Waals surface area (Å²) in [5, 5.41) is 13.9. The van der Waals surface area contributed by atoms with E-state index in [4.69, 9.17) is 4.74 Å². The van der Waals surface area contributed by atoms with E-state index >= 15 is 0 Å². The van der Waals surface area contributed by atoms with Crippen molar-refractivity contribution in [3.63, 3.8) is 0 Å². The number of nitriles is 1. The molecule has 1 amide bonds. The van der Waals surface area contributed by atoms with E-state index in [1.165, 1.54) is 12.1 Å². The molecule has 3 aromatic rings. The molecule has 0 heterocycles. The molecule has 0 spiro atoms. The van der Waals surface area contributed by atoms with Crippen LogP contribution >= 0.6 is 0 Å². The van der Waals surface area contributed by atoms with Gasteiger partial charge in [0.15, 0.2) is 0 Å². The van der Waals surface area contributed by atoms with Gasteiger partial charge in [-0.05, 0) is 23.9 Å². The minimum atomic E-state index is -1.00. The van der Waals surface area contributed by atoms with E-state index < -0.39 is 11.9 Å². The summed E-state index contributed by atoms with van der Waals surface area (Å²) in [5.41, 5.74) is 0.167. The Hall–Kier alpha value is -3.39. The van der Waals surface area contributed by atoms with Crippen molar-refractivity contribution < 1.29 is 13.9 Å². The van der Waals surface area contributed by atoms with Crippen molar-refractivity contribution in [1.29, 1.82) is 5.26 Å². The van der Waals surface area contributed by atoms with E-state index in [0.717, 1.165) is 16.5 Å². The number of halogens is 1. The number of rotatable bonds is 7. The summed E-state index contributed by atoms with van der Waals surface area (Å²) in [5.74, 6) is -0.0512. The van der Waals surface area contributed by atoms with Crippen LogP contribution in [-0.2, 0) is 4.79 Å². The number of hydrogen-bond donors (Lipinski definition) is 1.